The molecule has 1 aliphatic heterocycles. The molecule has 10 heteroatoms. The third kappa shape index (κ3) is 6.07. The van der Waals surface area contributed by atoms with E-state index in [4.69, 9.17) is 5.11 Å². The van der Waals surface area contributed by atoms with Crippen molar-refractivity contribution in [2.24, 2.45) is 0 Å². The molecule has 27 heavy (non-hydrogen) atoms. The van der Waals surface area contributed by atoms with Crippen molar-refractivity contribution in [1.29, 1.82) is 0 Å². The van der Waals surface area contributed by atoms with Crippen LogP contribution < -0.4 is 0 Å². The zero-order valence-electron chi connectivity index (χ0n) is 14.6. The maximum absolute atomic E-state index is 13.9. The lowest BCUT2D eigenvalue weighted by Crippen LogP contribution is -2.53. The first kappa shape index (κ1) is 23.2. The van der Waals surface area contributed by atoms with Crippen LogP contribution in [0, 0.1) is 5.82 Å². The number of hydrogen-bond donors (Lipinski definition) is 1. The van der Waals surface area contributed by atoms with Crippen LogP contribution in [0.1, 0.15) is 30.1 Å². The van der Waals surface area contributed by atoms with Gasteiger partial charge in [0.1, 0.15) is 18.4 Å². The van der Waals surface area contributed by atoms with E-state index in [1.54, 1.807) is 4.90 Å². The van der Waals surface area contributed by atoms with E-state index in [1.807, 2.05) is 0 Å². The van der Waals surface area contributed by atoms with Crippen molar-refractivity contribution in [1.82, 2.24) is 9.80 Å². The zero-order valence-corrected chi connectivity index (χ0v) is 15.4. The summed E-state index contributed by atoms with van der Waals surface area (Å²) in [7, 11) is 0. The molecule has 1 heterocycles. The summed E-state index contributed by atoms with van der Waals surface area (Å²) in [5.41, 5.74) is -0.405. The first-order valence-corrected chi connectivity index (χ1v) is 8.19. The topological polar surface area (TPSA) is 60.9 Å². The van der Waals surface area contributed by atoms with Crippen LogP contribution in [0.3, 0.4) is 0 Å². The number of nitrogens with zero attached hydrogens (tertiary/aromatic N) is 2. The Morgan fingerprint density at radius 2 is 1.81 bits per heavy atom. The van der Waals surface area contributed by atoms with Gasteiger partial charge in [0.15, 0.2) is 0 Å². The first-order valence-electron chi connectivity index (χ1n) is 8.19. The monoisotopic (exact) mass is 412 g/mol. The van der Waals surface area contributed by atoms with Gasteiger partial charge in [0.2, 0.25) is 0 Å². The largest absolute Gasteiger partial charge is 0.480 e. The molecule has 0 spiro atoms. The Morgan fingerprint density at radius 3 is 2.30 bits per heavy atom. The molecule has 0 aromatic heterocycles. The number of carbonyl (C=O) groups is 2. The van der Waals surface area contributed by atoms with Crippen LogP contribution in [0.25, 0.3) is 0 Å². The summed E-state index contributed by atoms with van der Waals surface area (Å²) >= 11 is 0. The van der Waals surface area contributed by atoms with Gasteiger partial charge in [0.05, 0.1) is 5.56 Å². The van der Waals surface area contributed by atoms with Crippen molar-refractivity contribution < 1.29 is 32.3 Å². The molecule has 0 bridgehead atoms. The second kappa shape index (κ2) is 9.36. The molecule has 1 fully saturated rings. The van der Waals surface area contributed by atoms with Gasteiger partial charge in [0, 0.05) is 19.1 Å². The average Bonchev–Trinajstić information content (AvgIpc) is 2.58. The van der Waals surface area contributed by atoms with Gasteiger partial charge in [-0.25, -0.2) is 4.39 Å². The summed E-state index contributed by atoms with van der Waals surface area (Å²) < 4.78 is 52.8. The van der Waals surface area contributed by atoms with Gasteiger partial charge >= 0.3 is 12.1 Å². The third-order valence-corrected chi connectivity index (χ3v) is 4.56. The van der Waals surface area contributed by atoms with E-state index in [2.05, 4.69) is 0 Å². The quantitative estimate of drug-likeness (QED) is 0.754. The summed E-state index contributed by atoms with van der Waals surface area (Å²) in [6.07, 6.45) is -4.24. The van der Waals surface area contributed by atoms with Crippen LogP contribution in [0.4, 0.5) is 17.6 Å². The summed E-state index contributed by atoms with van der Waals surface area (Å²) in [5, 5.41) is 9.03. The van der Waals surface area contributed by atoms with Crippen molar-refractivity contribution in [3.8, 4) is 0 Å². The lowest BCUT2D eigenvalue weighted by molar-refractivity contribution is -0.147. The average molecular weight is 413 g/mol. The van der Waals surface area contributed by atoms with Crippen LogP contribution in [-0.4, -0.2) is 64.7 Å². The second-order valence-electron chi connectivity index (χ2n) is 6.31. The number of carbonyl (C=O) groups excluding carboxylic acids is 1. The van der Waals surface area contributed by atoms with Gasteiger partial charge in [-0.05, 0) is 31.9 Å². The highest BCUT2D eigenvalue weighted by atomic mass is 35.5. The zero-order chi connectivity index (χ0) is 19.5. The first-order chi connectivity index (χ1) is 12.1. The van der Waals surface area contributed by atoms with Crippen LogP contribution in [0.2, 0.25) is 0 Å². The predicted molar refractivity (Wildman–Crippen MR) is 92.4 cm³/mol. The highest BCUT2D eigenvalue weighted by Gasteiger charge is 2.39. The molecule has 0 saturated carbocycles. The van der Waals surface area contributed by atoms with E-state index in [9.17, 15) is 27.2 Å². The van der Waals surface area contributed by atoms with Crippen molar-refractivity contribution in [3.63, 3.8) is 0 Å². The van der Waals surface area contributed by atoms with Crippen LogP contribution in [0.15, 0.2) is 24.3 Å². The fraction of sp³-hybridized carbons (Fsp3) is 0.529. The molecule has 0 aliphatic carbocycles. The molecule has 1 aromatic rings. The number of carboxylic acid groups (broad SMARTS) is 1. The fourth-order valence-corrected chi connectivity index (χ4v) is 3.09. The minimum atomic E-state index is -4.62. The minimum absolute atomic E-state index is 0. The second-order valence-corrected chi connectivity index (χ2v) is 6.31. The Balaban J connectivity index is 0.00000364. The minimum Gasteiger partial charge on any atom is -0.480 e. The van der Waals surface area contributed by atoms with E-state index < -0.39 is 48.1 Å². The molecular weight excluding hydrogens is 392 g/mol. The van der Waals surface area contributed by atoms with Crippen LogP contribution in [0.5, 0.6) is 0 Å². The number of aliphatic carboxylic acids is 1. The lowest BCUT2D eigenvalue weighted by atomic mass is 10.00. The normalized spacial score (nSPS) is 17.1. The summed E-state index contributed by atoms with van der Waals surface area (Å²) in [4.78, 5) is 25.9. The van der Waals surface area contributed by atoms with Crippen LogP contribution in [-0.2, 0) is 4.79 Å². The molecule has 1 aromatic carbocycles. The molecule has 1 unspecified atom stereocenters. The molecule has 1 aliphatic rings. The number of benzene rings is 1. The Bertz CT molecular complexity index is 664. The standard InChI is InChI=1S/C17H20F4N2O3.ClH/c1-11(16(25)26)22-8-6-12(7-9-22)23(10-17(19,20)21)15(24)13-4-2-3-5-14(13)18;/h2-5,11-12H,6-10H2,1H3,(H,25,26);1H. The van der Waals surface area contributed by atoms with E-state index in [0.717, 1.165) is 12.1 Å². The van der Waals surface area contributed by atoms with Crippen molar-refractivity contribution in [3.05, 3.63) is 35.6 Å². The number of rotatable bonds is 5. The molecule has 5 nitrogen and oxygen atoms in total. The molecule has 1 N–H and O–H groups in total. The lowest BCUT2D eigenvalue weighted by Gasteiger charge is -2.40. The van der Waals surface area contributed by atoms with Gasteiger partial charge in [-0.3, -0.25) is 14.5 Å². The van der Waals surface area contributed by atoms with E-state index >= 15 is 0 Å². The Kier molecular flexibility index (Phi) is 8.04. The molecule has 2 rings (SSSR count). The summed E-state index contributed by atoms with van der Waals surface area (Å²) in [6.45, 7) is 0.522. The van der Waals surface area contributed by atoms with Gasteiger partial charge in [-0.15, -0.1) is 12.4 Å². The molecular formula is C17H21ClF4N2O3. The molecule has 152 valence electrons. The van der Waals surface area contributed by atoms with E-state index in [1.165, 1.54) is 19.1 Å². The van der Waals surface area contributed by atoms with Gasteiger partial charge in [-0.2, -0.15) is 13.2 Å². The highest BCUT2D eigenvalue weighted by molar-refractivity contribution is 5.94. The highest BCUT2D eigenvalue weighted by Crippen LogP contribution is 2.26. The Labute approximate surface area is 160 Å². The third-order valence-electron chi connectivity index (χ3n) is 4.56. The van der Waals surface area contributed by atoms with Crippen molar-refractivity contribution >= 4 is 24.3 Å². The number of carboxylic acids is 1. The maximum atomic E-state index is 13.9. The smallest absolute Gasteiger partial charge is 0.406 e. The van der Waals surface area contributed by atoms with Gasteiger partial charge in [0.25, 0.3) is 5.91 Å². The number of hydrogen-bond acceptors (Lipinski definition) is 3. The fourth-order valence-electron chi connectivity index (χ4n) is 3.09. The molecule has 1 amide bonds. The number of amides is 1. The van der Waals surface area contributed by atoms with E-state index in [-0.39, 0.29) is 38.3 Å². The Morgan fingerprint density at radius 1 is 1.26 bits per heavy atom. The van der Waals surface area contributed by atoms with E-state index in [0.29, 0.717) is 4.90 Å². The molecule has 1 saturated heterocycles. The summed E-state index contributed by atoms with van der Waals surface area (Å²) in [6, 6.07) is 3.43. The maximum Gasteiger partial charge on any atom is 0.406 e. The van der Waals surface area contributed by atoms with Crippen LogP contribution >= 0.6 is 12.4 Å². The number of piperidine rings is 1. The van der Waals surface area contributed by atoms with Gasteiger partial charge < -0.3 is 10.0 Å². The Hall–Kier alpha value is -1.87. The SMILES string of the molecule is CC(C(=O)O)N1CCC(N(CC(F)(F)F)C(=O)c2ccccc2F)CC1.Cl. The summed E-state index contributed by atoms with van der Waals surface area (Å²) in [5.74, 6) is -2.90. The number of halogens is 5. The predicted octanol–water partition coefficient (Wildman–Crippen LogP) is 3.19. The van der Waals surface area contributed by atoms with Gasteiger partial charge in [-0.1, -0.05) is 12.1 Å². The van der Waals surface area contributed by atoms with Crippen molar-refractivity contribution in [2.45, 2.75) is 38.0 Å². The number of likely N-dealkylation sites (tertiary alicyclic amines) is 1. The molecule has 0 radical (unpaired) electrons. The number of alkyl halides is 3. The molecule has 1 atom stereocenters. The van der Waals surface area contributed by atoms with Crippen molar-refractivity contribution in [2.75, 3.05) is 19.6 Å².